The molecule has 418 valence electrons. The summed E-state index contributed by atoms with van der Waals surface area (Å²) < 4.78 is 8.68. The van der Waals surface area contributed by atoms with E-state index in [2.05, 4.69) is 309 Å². The van der Waals surface area contributed by atoms with E-state index >= 15 is 0 Å². The summed E-state index contributed by atoms with van der Waals surface area (Å²) in [7, 11) is 8.36. The molecule has 0 saturated heterocycles. The number of nitrogens with zero attached hydrogens (tertiary/aromatic N) is 8. The van der Waals surface area contributed by atoms with Gasteiger partial charge in [0.05, 0.1) is 50.7 Å². The van der Waals surface area contributed by atoms with E-state index in [1.807, 2.05) is 12.3 Å². The molecule has 0 N–H and O–H groups in total. The van der Waals surface area contributed by atoms with Gasteiger partial charge in [0.1, 0.15) is 27.3 Å². The lowest BCUT2D eigenvalue weighted by Gasteiger charge is -2.08. The van der Waals surface area contributed by atoms with Crippen LogP contribution in [0.25, 0.3) is 88.8 Å². The molecule has 5 aromatic carbocycles. The van der Waals surface area contributed by atoms with Gasteiger partial charge in [-0.05, 0) is 158 Å². The molecule has 12 rings (SSSR count). The number of fused-ring (bicyclic) bond motifs is 4. The maximum atomic E-state index is 4.94. The summed E-state index contributed by atoms with van der Waals surface area (Å²) in [6, 6.07) is 59.5. The van der Waals surface area contributed by atoms with Crippen molar-refractivity contribution in [3.8, 4) is 45.2 Å². The number of hydrogen-bond acceptors (Lipinski definition) is 4. The standard InChI is InChI=1S/2C20H23N2.C19H21N2.C16H15N2/c1-14(2)12-16-9-7-11-19-18(16)13-22(4)20(21-19)17-10-6-5-8-15(17)3;1-14(2)11-17-10-9-16-13-22(4)20(12-19(16)21-17)18-8-6-5-7-15(18)3;1-13(2)17-10-9-15-12-21(4)19(11-18(15)20-17)16-8-6-5-7-14(16)3;1-12-6-3-4-8-14(12)16-10-15-13(11-18(16)2)7-5-9-17-15/h5-11,13-14H,12H2,1-4H3;5-10,12-14H,11H2,1-4H3;5-13H,1-4H3;3-11H,1-2H3/q4*+1. The highest BCUT2D eigenvalue weighted by Crippen LogP contribution is 2.28. The van der Waals surface area contributed by atoms with Gasteiger partial charge in [0.2, 0.25) is 17.1 Å². The van der Waals surface area contributed by atoms with Gasteiger partial charge in [-0.15, -0.1) is 0 Å². The average Bonchev–Trinajstić information content (AvgIpc) is 3.66. The second-order valence-electron chi connectivity index (χ2n) is 23.4. The number of rotatable bonds is 9. The molecule has 83 heavy (non-hydrogen) atoms. The molecule has 12 aromatic rings. The van der Waals surface area contributed by atoms with Crippen LogP contribution < -0.4 is 18.3 Å². The van der Waals surface area contributed by atoms with Crippen LogP contribution in [0.2, 0.25) is 0 Å². The Bertz CT molecular complexity index is 4200. The number of pyridine rings is 6. The van der Waals surface area contributed by atoms with E-state index in [9.17, 15) is 0 Å². The fourth-order valence-corrected chi connectivity index (χ4v) is 10.9. The summed E-state index contributed by atoms with van der Waals surface area (Å²) in [5.74, 6) is 2.74. The Morgan fingerprint density at radius 3 is 1.33 bits per heavy atom. The average molecular weight is 1100 g/mol. The van der Waals surface area contributed by atoms with Crippen molar-refractivity contribution in [1.29, 1.82) is 0 Å². The first kappa shape index (κ1) is 58.8. The molecular weight excluding hydrogens is 1010 g/mol. The minimum absolute atomic E-state index is 0.449. The molecule has 0 atom stereocenters. The number of hydrogen-bond donors (Lipinski definition) is 0. The molecule has 0 fully saturated rings. The number of aryl methyl sites for hydroxylation is 8. The zero-order valence-electron chi connectivity index (χ0n) is 51.3. The minimum Gasteiger partial charge on any atom is -0.256 e. The van der Waals surface area contributed by atoms with E-state index in [0.29, 0.717) is 17.8 Å². The first-order valence-corrected chi connectivity index (χ1v) is 29.3. The molecule has 0 spiro atoms. The summed E-state index contributed by atoms with van der Waals surface area (Å²) in [5.41, 5.74) is 21.7. The van der Waals surface area contributed by atoms with Crippen LogP contribution in [0.3, 0.4) is 0 Å². The van der Waals surface area contributed by atoms with Crippen molar-refractivity contribution < 1.29 is 18.3 Å². The van der Waals surface area contributed by atoms with E-state index in [0.717, 1.165) is 51.8 Å². The van der Waals surface area contributed by atoms with Gasteiger partial charge in [0.25, 0.3) is 0 Å². The molecule has 0 aliphatic heterocycles. The van der Waals surface area contributed by atoms with Crippen LogP contribution in [-0.2, 0) is 41.0 Å². The second kappa shape index (κ2) is 26.4. The van der Waals surface area contributed by atoms with Crippen molar-refractivity contribution in [2.45, 2.75) is 88.0 Å². The van der Waals surface area contributed by atoms with E-state index < -0.39 is 0 Å². The first-order chi connectivity index (χ1) is 39.9. The third-order valence-electron chi connectivity index (χ3n) is 15.4. The predicted octanol–water partition coefficient (Wildman–Crippen LogP) is 15.7. The third-order valence-corrected chi connectivity index (χ3v) is 15.4. The van der Waals surface area contributed by atoms with Gasteiger partial charge in [-0.3, -0.25) is 15.0 Å². The van der Waals surface area contributed by atoms with Crippen LogP contribution in [0.4, 0.5) is 0 Å². The van der Waals surface area contributed by atoms with Crippen LogP contribution in [0.1, 0.15) is 86.7 Å². The first-order valence-electron chi connectivity index (χ1n) is 29.3. The van der Waals surface area contributed by atoms with Gasteiger partial charge in [0, 0.05) is 52.5 Å². The molecule has 7 aromatic heterocycles. The van der Waals surface area contributed by atoms with Crippen LogP contribution in [0.5, 0.6) is 0 Å². The van der Waals surface area contributed by atoms with Crippen LogP contribution >= 0.6 is 0 Å². The smallest absolute Gasteiger partial charge is 0.256 e. The monoisotopic (exact) mass is 1090 g/mol. The molecule has 0 bridgehead atoms. The SMILES string of the molecule is Cc1ccccc1-c1cc2nc(C(C)C)ccc2c[n+]1C.Cc1ccccc1-c1cc2nc(CC(C)C)ccc2c[n+]1C.Cc1ccccc1-c1cc2ncccc2c[n+]1C.Cc1ccccc1-c1nc2cccc(CC(C)C)c2c[n+]1C. The Balaban J connectivity index is 0.000000133. The molecule has 7 heterocycles. The van der Waals surface area contributed by atoms with Gasteiger partial charge in [-0.2, -0.15) is 0 Å². The van der Waals surface area contributed by atoms with Crippen LogP contribution in [0, 0.1) is 39.5 Å². The zero-order chi connectivity index (χ0) is 58.9. The second-order valence-corrected chi connectivity index (χ2v) is 23.4. The molecule has 0 saturated carbocycles. The molecule has 0 amide bonds. The van der Waals surface area contributed by atoms with Crippen molar-refractivity contribution >= 4 is 43.6 Å². The number of aromatic nitrogens is 8. The van der Waals surface area contributed by atoms with Gasteiger partial charge in [-0.25, -0.2) is 18.3 Å². The van der Waals surface area contributed by atoms with Gasteiger partial charge in [0.15, 0.2) is 24.1 Å². The van der Waals surface area contributed by atoms with Gasteiger partial charge in [-0.1, -0.05) is 126 Å². The molecule has 8 heteroatoms. The Hall–Kier alpha value is -8.88. The molecule has 8 nitrogen and oxygen atoms in total. The maximum absolute atomic E-state index is 4.94. The largest absolute Gasteiger partial charge is 0.331 e. The highest BCUT2D eigenvalue weighted by atomic mass is 15.0. The molecule has 0 aliphatic rings. The van der Waals surface area contributed by atoms with Crippen molar-refractivity contribution in [2.75, 3.05) is 0 Å². The minimum atomic E-state index is 0.449. The van der Waals surface area contributed by atoms with E-state index in [1.165, 1.54) is 89.0 Å². The molecule has 0 aliphatic carbocycles. The molecule has 0 unspecified atom stereocenters. The highest BCUT2D eigenvalue weighted by Gasteiger charge is 2.20. The Morgan fingerprint density at radius 2 is 0.831 bits per heavy atom. The van der Waals surface area contributed by atoms with Crippen molar-refractivity contribution in [3.63, 3.8) is 0 Å². The van der Waals surface area contributed by atoms with Crippen molar-refractivity contribution in [3.05, 3.63) is 240 Å². The third kappa shape index (κ3) is 14.1. The molecule has 0 radical (unpaired) electrons. The normalized spacial score (nSPS) is 11.2. The predicted molar refractivity (Wildman–Crippen MR) is 344 cm³/mol. The van der Waals surface area contributed by atoms with Crippen molar-refractivity contribution in [2.24, 2.45) is 40.0 Å². The summed E-state index contributed by atoms with van der Waals surface area (Å²) in [4.78, 5) is 19.0. The summed E-state index contributed by atoms with van der Waals surface area (Å²) in [5, 5.41) is 4.79. The van der Waals surface area contributed by atoms with E-state index in [1.54, 1.807) is 0 Å². The van der Waals surface area contributed by atoms with E-state index in [4.69, 9.17) is 15.0 Å². The lowest BCUT2D eigenvalue weighted by molar-refractivity contribution is -0.661. The summed E-state index contributed by atoms with van der Waals surface area (Å²) in [6.45, 7) is 21.9. The topological polar surface area (TPSA) is 67.1 Å². The lowest BCUT2D eigenvalue weighted by atomic mass is 9.99. The Labute approximate surface area is 492 Å². The quantitative estimate of drug-likeness (QED) is 0.135. The van der Waals surface area contributed by atoms with E-state index in [-0.39, 0.29) is 0 Å². The fourth-order valence-electron chi connectivity index (χ4n) is 10.9. The maximum Gasteiger partial charge on any atom is 0.331 e. The number of benzene rings is 5. The molecular formula is C75H82N8+4. The summed E-state index contributed by atoms with van der Waals surface area (Å²) >= 11 is 0. The highest BCUT2D eigenvalue weighted by molar-refractivity contribution is 5.84. The van der Waals surface area contributed by atoms with Crippen LogP contribution in [0.15, 0.2) is 201 Å². The van der Waals surface area contributed by atoms with Gasteiger partial charge >= 0.3 is 5.82 Å². The summed E-state index contributed by atoms with van der Waals surface area (Å²) in [6.07, 6.45) is 12.6. The van der Waals surface area contributed by atoms with Gasteiger partial charge < -0.3 is 0 Å². The van der Waals surface area contributed by atoms with Crippen molar-refractivity contribution in [1.82, 2.24) is 19.9 Å². The Kier molecular flexibility index (Phi) is 18.7. The Morgan fingerprint density at radius 1 is 0.373 bits per heavy atom. The lowest BCUT2D eigenvalue weighted by Crippen LogP contribution is -2.32. The van der Waals surface area contributed by atoms with Crippen LogP contribution in [-0.4, -0.2) is 19.9 Å². The fraction of sp³-hybridized carbons (Fsp3) is 0.253. The zero-order valence-corrected chi connectivity index (χ0v) is 51.3.